The fourth-order valence-corrected chi connectivity index (χ4v) is 1.49. The van der Waals surface area contributed by atoms with Crippen molar-refractivity contribution in [3.05, 3.63) is 59.1 Å². The van der Waals surface area contributed by atoms with E-state index in [1.807, 2.05) is 0 Å². The second-order valence-corrected chi connectivity index (χ2v) is 3.75. The summed E-state index contributed by atoms with van der Waals surface area (Å²) in [7, 11) is 0. The minimum Gasteiger partial charge on any atom is -0.321 e. The van der Waals surface area contributed by atoms with E-state index in [1.54, 1.807) is 24.3 Å². The number of halogens is 2. The van der Waals surface area contributed by atoms with Crippen molar-refractivity contribution in [3.8, 4) is 0 Å². The molecular formula is C12H8ClFN2O. The van der Waals surface area contributed by atoms with Crippen LogP contribution in [0.3, 0.4) is 0 Å². The fraction of sp³-hybridized carbons (Fsp3) is 0. The van der Waals surface area contributed by atoms with Crippen LogP contribution in [0.5, 0.6) is 0 Å². The standard InChI is InChI=1S/C12H8ClFN2O/c13-8-3-1-4-9(7-8)15-12(17)10-5-2-6-11(14)16-10/h1-7H,(H,15,17). The van der Waals surface area contributed by atoms with Crippen molar-refractivity contribution in [1.82, 2.24) is 4.98 Å². The Kier molecular flexibility index (Phi) is 3.35. The smallest absolute Gasteiger partial charge is 0.274 e. The van der Waals surface area contributed by atoms with Gasteiger partial charge in [-0.1, -0.05) is 23.7 Å². The van der Waals surface area contributed by atoms with Crippen LogP contribution in [0, 0.1) is 5.95 Å². The molecule has 0 aliphatic rings. The Labute approximate surface area is 102 Å². The molecule has 0 aliphatic heterocycles. The van der Waals surface area contributed by atoms with Gasteiger partial charge < -0.3 is 5.32 Å². The van der Waals surface area contributed by atoms with Gasteiger partial charge >= 0.3 is 0 Å². The summed E-state index contributed by atoms with van der Waals surface area (Å²) in [5.74, 6) is -1.17. The summed E-state index contributed by atoms with van der Waals surface area (Å²) in [6.07, 6.45) is 0. The number of anilines is 1. The van der Waals surface area contributed by atoms with E-state index in [-0.39, 0.29) is 5.69 Å². The van der Waals surface area contributed by atoms with Crippen molar-refractivity contribution in [2.75, 3.05) is 5.32 Å². The molecule has 0 fully saturated rings. The van der Waals surface area contributed by atoms with Crippen LogP contribution in [0.15, 0.2) is 42.5 Å². The second kappa shape index (κ2) is 4.93. The number of carbonyl (C=O) groups excluding carboxylic acids is 1. The molecule has 5 heteroatoms. The Morgan fingerprint density at radius 1 is 1.24 bits per heavy atom. The van der Waals surface area contributed by atoms with E-state index in [1.165, 1.54) is 18.2 Å². The van der Waals surface area contributed by atoms with Crippen molar-refractivity contribution in [1.29, 1.82) is 0 Å². The monoisotopic (exact) mass is 250 g/mol. The van der Waals surface area contributed by atoms with E-state index < -0.39 is 11.9 Å². The van der Waals surface area contributed by atoms with Crippen LogP contribution in [-0.4, -0.2) is 10.9 Å². The van der Waals surface area contributed by atoms with Gasteiger partial charge in [-0.05, 0) is 30.3 Å². The minimum atomic E-state index is -0.691. The second-order valence-electron chi connectivity index (χ2n) is 3.31. The van der Waals surface area contributed by atoms with Crippen molar-refractivity contribution >= 4 is 23.2 Å². The van der Waals surface area contributed by atoms with Gasteiger partial charge in [-0.2, -0.15) is 4.39 Å². The molecule has 2 rings (SSSR count). The van der Waals surface area contributed by atoms with Crippen LogP contribution in [0.25, 0.3) is 0 Å². The third-order valence-electron chi connectivity index (χ3n) is 2.03. The molecule has 1 heterocycles. The number of amides is 1. The Hall–Kier alpha value is -1.94. The topological polar surface area (TPSA) is 42.0 Å². The van der Waals surface area contributed by atoms with Gasteiger partial charge in [-0.25, -0.2) is 4.98 Å². The van der Waals surface area contributed by atoms with E-state index in [0.29, 0.717) is 10.7 Å². The normalized spacial score (nSPS) is 10.0. The summed E-state index contributed by atoms with van der Waals surface area (Å²) in [5.41, 5.74) is 0.554. The number of aromatic nitrogens is 1. The van der Waals surface area contributed by atoms with Gasteiger partial charge in [0.2, 0.25) is 5.95 Å². The molecule has 3 nitrogen and oxygen atoms in total. The van der Waals surface area contributed by atoms with Gasteiger partial charge in [0, 0.05) is 10.7 Å². The number of hydrogen-bond donors (Lipinski definition) is 1. The van der Waals surface area contributed by atoms with E-state index in [4.69, 9.17) is 11.6 Å². The van der Waals surface area contributed by atoms with Crippen LogP contribution in [0.1, 0.15) is 10.5 Å². The van der Waals surface area contributed by atoms with Gasteiger partial charge in [-0.3, -0.25) is 4.79 Å². The molecular weight excluding hydrogens is 243 g/mol. The van der Waals surface area contributed by atoms with Crippen LogP contribution >= 0.6 is 11.6 Å². The summed E-state index contributed by atoms with van der Waals surface area (Å²) in [4.78, 5) is 15.2. The summed E-state index contributed by atoms with van der Waals surface area (Å²) in [6, 6.07) is 10.7. The van der Waals surface area contributed by atoms with Gasteiger partial charge in [0.15, 0.2) is 0 Å². The van der Waals surface area contributed by atoms with Crippen molar-refractivity contribution < 1.29 is 9.18 Å². The maximum atomic E-state index is 12.8. The Bertz CT molecular complexity index is 560. The highest BCUT2D eigenvalue weighted by molar-refractivity contribution is 6.30. The lowest BCUT2D eigenvalue weighted by atomic mass is 10.3. The minimum absolute atomic E-state index is 0.0185. The molecule has 1 amide bonds. The first-order valence-corrected chi connectivity index (χ1v) is 5.22. The zero-order chi connectivity index (χ0) is 12.3. The van der Waals surface area contributed by atoms with Crippen LogP contribution in [0.2, 0.25) is 5.02 Å². The third-order valence-corrected chi connectivity index (χ3v) is 2.27. The molecule has 0 saturated heterocycles. The lowest BCUT2D eigenvalue weighted by molar-refractivity contribution is 0.102. The lowest BCUT2D eigenvalue weighted by Gasteiger charge is -2.04. The van der Waals surface area contributed by atoms with Crippen LogP contribution < -0.4 is 5.32 Å². The summed E-state index contributed by atoms with van der Waals surface area (Å²) in [5, 5.41) is 3.08. The molecule has 1 aromatic heterocycles. The molecule has 0 spiro atoms. The maximum Gasteiger partial charge on any atom is 0.274 e. The highest BCUT2D eigenvalue weighted by atomic mass is 35.5. The average molecular weight is 251 g/mol. The van der Waals surface area contributed by atoms with E-state index >= 15 is 0 Å². The summed E-state index contributed by atoms with van der Waals surface area (Å²) < 4.78 is 12.8. The molecule has 0 radical (unpaired) electrons. The van der Waals surface area contributed by atoms with Crippen molar-refractivity contribution in [2.24, 2.45) is 0 Å². The predicted octanol–water partition coefficient (Wildman–Crippen LogP) is 3.13. The van der Waals surface area contributed by atoms with Crippen molar-refractivity contribution in [2.45, 2.75) is 0 Å². The summed E-state index contributed by atoms with van der Waals surface area (Å²) in [6.45, 7) is 0. The molecule has 0 saturated carbocycles. The zero-order valence-corrected chi connectivity index (χ0v) is 9.41. The van der Waals surface area contributed by atoms with Gasteiger partial charge in [0.1, 0.15) is 5.69 Å². The number of pyridine rings is 1. The highest BCUT2D eigenvalue weighted by Crippen LogP contribution is 2.15. The molecule has 0 atom stereocenters. The predicted molar refractivity (Wildman–Crippen MR) is 63.6 cm³/mol. The van der Waals surface area contributed by atoms with E-state index in [9.17, 15) is 9.18 Å². The quantitative estimate of drug-likeness (QED) is 0.832. The molecule has 1 aromatic carbocycles. The van der Waals surface area contributed by atoms with Crippen LogP contribution in [0.4, 0.5) is 10.1 Å². The largest absolute Gasteiger partial charge is 0.321 e. The fourth-order valence-electron chi connectivity index (χ4n) is 1.30. The number of carbonyl (C=O) groups is 1. The molecule has 0 bridgehead atoms. The van der Waals surface area contributed by atoms with E-state index in [0.717, 1.165) is 0 Å². The lowest BCUT2D eigenvalue weighted by Crippen LogP contribution is -2.14. The Morgan fingerprint density at radius 3 is 2.71 bits per heavy atom. The van der Waals surface area contributed by atoms with Gasteiger partial charge in [0.25, 0.3) is 5.91 Å². The molecule has 0 aliphatic carbocycles. The first-order valence-electron chi connectivity index (χ1n) is 4.84. The molecule has 2 aromatic rings. The van der Waals surface area contributed by atoms with Crippen molar-refractivity contribution in [3.63, 3.8) is 0 Å². The van der Waals surface area contributed by atoms with E-state index in [2.05, 4.69) is 10.3 Å². The Balaban J connectivity index is 2.17. The number of nitrogens with zero attached hydrogens (tertiary/aromatic N) is 1. The SMILES string of the molecule is O=C(Nc1cccc(Cl)c1)c1cccc(F)n1. The molecule has 0 unspecified atom stereocenters. The number of hydrogen-bond acceptors (Lipinski definition) is 2. The number of rotatable bonds is 2. The Morgan fingerprint density at radius 2 is 2.00 bits per heavy atom. The average Bonchev–Trinajstić information content (AvgIpc) is 2.29. The molecule has 1 N–H and O–H groups in total. The van der Waals surface area contributed by atoms with Crippen LogP contribution in [-0.2, 0) is 0 Å². The first kappa shape index (κ1) is 11.5. The van der Waals surface area contributed by atoms with Gasteiger partial charge in [0.05, 0.1) is 0 Å². The van der Waals surface area contributed by atoms with Gasteiger partial charge in [-0.15, -0.1) is 0 Å². The maximum absolute atomic E-state index is 12.8. The highest BCUT2D eigenvalue weighted by Gasteiger charge is 2.08. The summed E-state index contributed by atoms with van der Waals surface area (Å²) >= 11 is 5.77. The zero-order valence-electron chi connectivity index (χ0n) is 8.65. The molecule has 86 valence electrons. The first-order chi connectivity index (χ1) is 8.15. The number of nitrogens with one attached hydrogen (secondary N) is 1. The molecule has 17 heavy (non-hydrogen) atoms. The third kappa shape index (κ3) is 3.01. The number of benzene rings is 1.